The molecule has 0 amide bonds. The van der Waals surface area contributed by atoms with E-state index in [-0.39, 0.29) is 5.60 Å². The molecular formula is C10H12BrNO. The van der Waals surface area contributed by atoms with Crippen molar-refractivity contribution in [3.8, 4) is 0 Å². The second-order valence-electron chi connectivity index (χ2n) is 3.28. The van der Waals surface area contributed by atoms with Crippen LogP contribution in [0.5, 0.6) is 0 Å². The molecule has 3 heteroatoms. The SMILES string of the molecule is NCC1(c2ccccc2Br)CCO1. The Morgan fingerprint density at radius 3 is 2.62 bits per heavy atom. The zero-order chi connectivity index (χ0) is 9.31. The van der Waals surface area contributed by atoms with E-state index in [4.69, 9.17) is 10.5 Å². The smallest absolute Gasteiger partial charge is 0.109 e. The van der Waals surface area contributed by atoms with E-state index in [0.717, 1.165) is 17.5 Å². The maximum atomic E-state index is 5.72. The number of rotatable bonds is 2. The summed E-state index contributed by atoms with van der Waals surface area (Å²) in [6.45, 7) is 1.37. The fraction of sp³-hybridized carbons (Fsp3) is 0.400. The molecule has 1 unspecified atom stereocenters. The Balaban J connectivity index is 2.38. The van der Waals surface area contributed by atoms with Crippen molar-refractivity contribution in [3.63, 3.8) is 0 Å². The Labute approximate surface area is 86.2 Å². The molecule has 1 saturated heterocycles. The monoisotopic (exact) mass is 241 g/mol. The number of hydrogen-bond donors (Lipinski definition) is 1. The number of hydrogen-bond acceptors (Lipinski definition) is 2. The summed E-state index contributed by atoms with van der Waals surface area (Å²) >= 11 is 3.51. The maximum Gasteiger partial charge on any atom is 0.109 e. The summed E-state index contributed by atoms with van der Waals surface area (Å²) in [6, 6.07) is 8.10. The molecule has 1 aromatic rings. The van der Waals surface area contributed by atoms with E-state index in [2.05, 4.69) is 22.0 Å². The minimum atomic E-state index is -0.222. The summed E-state index contributed by atoms with van der Waals surface area (Å²) in [7, 11) is 0. The molecular weight excluding hydrogens is 230 g/mol. The van der Waals surface area contributed by atoms with Crippen LogP contribution < -0.4 is 5.73 Å². The second-order valence-corrected chi connectivity index (χ2v) is 4.13. The van der Waals surface area contributed by atoms with Crippen molar-refractivity contribution < 1.29 is 4.74 Å². The highest BCUT2D eigenvalue weighted by Crippen LogP contribution is 2.39. The van der Waals surface area contributed by atoms with Crippen molar-refractivity contribution in [3.05, 3.63) is 34.3 Å². The molecule has 2 N–H and O–H groups in total. The van der Waals surface area contributed by atoms with Gasteiger partial charge in [0.1, 0.15) is 5.60 Å². The average molecular weight is 242 g/mol. The molecule has 2 rings (SSSR count). The van der Waals surface area contributed by atoms with Crippen molar-refractivity contribution in [2.24, 2.45) is 5.73 Å². The van der Waals surface area contributed by atoms with Crippen LogP contribution >= 0.6 is 15.9 Å². The van der Waals surface area contributed by atoms with Gasteiger partial charge in [-0.1, -0.05) is 34.1 Å². The molecule has 1 atom stereocenters. The van der Waals surface area contributed by atoms with Crippen LogP contribution in [0.2, 0.25) is 0 Å². The summed E-state index contributed by atoms with van der Waals surface area (Å²) < 4.78 is 6.66. The first-order valence-electron chi connectivity index (χ1n) is 4.37. The van der Waals surface area contributed by atoms with Crippen LogP contribution in [0.4, 0.5) is 0 Å². The minimum Gasteiger partial charge on any atom is -0.369 e. The summed E-state index contributed by atoms with van der Waals surface area (Å²) in [4.78, 5) is 0. The van der Waals surface area contributed by atoms with Crippen LogP contribution in [-0.4, -0.2) is 13.2 Å². The number of nitrogens with two attached hydrogens (primary N) is 1. The Bertz CT molecular complexity index is 304. The number of ether oxygens (including phenoxy) is 1. The van der Waals surface area contributed by atoms with Crippen LogP contribution in [0.3, 0.4) is 0 Å². The Morgan fingerprint density at radius 1 is 1.46 bits per heavy atom. The highest BCUT2D eigenvalue weighted by atomic mass is 79.9. The lowest BCUT2D eigenvalue weighted by atomic mass is 9.87. The first kappa shape index (κ1) is 9.19. The first-order chi connectivity index (χ1) is 6.28. The molecule has 0 aliphatic carbocycles. The largest absolute Gasteiger partial charge is 0.369 e. The summed E-state index contributed by atoms with van der Waals surface area (Å²) in [5.74, 6) is 0. The van der Waals surface area contributed by atoms with Gasteiger partial charge >= 0.3 is 0 Å². The molecule has 0 spiro atoms. The number of benzene rings is 1. The van der Waals surface area contributed by atoms with Gasteiger partial charge in [-0.2, -0.15) is 0 Å². The summed E-state index contributed by atoms with van der Waals surface area (Å²) in [5, 5.41) is 0. The van der Waals surface area contributed by atoms with E-state index in [9.17, 15) is 0 Å². The van der Waals surface area contributed by atoms with Crippen LogP contribution in [0, 0.1) is 0 Å². The van der Waals surface area contributed by atoms with Crippen LogP contribution in [0.15, 0.2) is 28.7 Å². The van der Waals surface area contributed by atoms with Crippen LogP contribution in [0.1, 0.15) is 12.0 Å². The second kappa shape index (κ2) is 3.40. The van der Waals surface area contributed by atoms with E-state index in [1.165, 1.54) is 5.56 Å². The van der Waals surface area contributed by atoms with E-state index < -0.39 is 0 Å². The van der Waals surface area contributed by atoms with Gasteiger partial charge in [-0.15, -0.1) is 0 Å². The fourth-order valence-corrected chi connectivity index (χ4v) is 2.31. The van der Waals surface area contributed by atoms with Crippen molar-refractivity contribution in [2.45, 2.75) is 12.0 Å². The predicted octanol–water partition coefficient (Wildman–Crippen LogP) is 2.02. The van der Waals surface area contributed by atoms with Crippen molar-refractivity contribution in [1.29, 1.82) is 0 Å². The fourth-order valence-electron chi connectivity index (χ4n) is 1.66. The molecule has 1 heterocycles. The molecule has 0 radical (unpaired) electrons. The molecule has 0 saturated carbocycles. The minimum absolute atomic E-state index is 0.222. The van der Waals surface area contributed by atoms with Gasteiger partial charge in [-0.3, -0.25) is 0 Å². The third kappa shape index (κ3) is 1.41. The quantitative estimate of drug-likeness (QED) is 0.861. The molecule has 1 aromatic carbocycles. The van der Waals surface area contributed by atoms with E-state index in [1.807, 2.05) is 18.2 Å². The lowest BCUT2D eigenvalue weighted by molar-refractivity contribution is -0.147. The van der Waals surface area contributed by atoms with Gasteiger partial charge in [0.2, 0.25) is 0 Å². The summed E-state index contributed by atoms with van der Waals surface area (Å²) in [5.41, 5.74) is 6.67. The topological polar surface area (TPSA) is 35.2 Å². The average Bonchev–Trinajstić information content (AvgIpc) is 2.07. The standard InChI is InChI=1S/C10H12BrNO/c11-9-4-2-1-3-8(9)10(7-12)5-6-13-10/h1-4H,5-7,12H2. The lowest BCUT2D eigenvalue weighted by Gasteiger charge is -2.42. The van der Waals surface area contributed by atoms with Gasteiger partial charge in [0, 0.05) is 17.4 Å². The highest BCUT2D eigenvalue weighted by molar-refractivity contribution is 9.10. The van der Waals surface area contributed by atoms with Gasteiger partial charge in [-0.05, 0) is 11.6 Å². The predicted molar refractivity (Wildman–Crippen MR) is 55.4 cm³/mol. The lowest BCUT2D eigenvalue weighted by Crippen LogP contribution is -2.47. The molecule has 0 bridgehead atoms. The molecule has 1 fully saturated rings. The summed E-state index contributed by atoms with van der Waals surface area (Å²) in [6.07, 6.45) is 1.02. The van der Waals surface area contributed by atoms with Gasteiger partial charge < -0.3 is 10.5 Å². The van der Waals surface area contributed by atoms with Crippen molar-refractivity contribution in [2.75, 3.05) is 13.2 Å². The highest BCUT2D eigenvalue weighted by Gasteiger charge is 2.39. The van der Waals surface area contributed by atoms with E-state index in [0.29, 0.717) is 6.54 Å². The van der Waals surface area contributed by atoms with Crippen molar-refractivity contribution >= 4 is 15.9 Å². The van der Waals surface area contributed by atoms with Crippen molar-refractivity contribution in [1.82, 2.24) is 0 Å². The molecule has 1 aliphatic heterocycles. The van der Waals surface area contributed by atoms with Gasteiger partial charge in [0.25, 0.3) is 0 Å². The normalized spacial score (nSPS) is 26.9. The molecule has 1 aliphatic rings. The third-order valence-electron chi connectivity index (χ3n) is 2.58. The maximum absolute atomic E-state index is 5.72. The molecule has 0 aromatic heterocycles. The molecule has 70 valence electrons. The van der Waals surface area contributed by atoms with Gasteiger partial charge in [0.15, 0.2) is 0 Å². The number of halogens is 1. The van der Waals surface area contributed by atoms with Gasteiger partial charge in [0.05, 0.1) is 6.61 Å². The first-order valence-corrected chi connectivity index (χ1v) is 5.17. The molecule has 13 heavy (non-hydrogen) atoms. The third-order valence-corrected chi connectivity index (χ3v) is 3.27. The van der Waals surface area contributed by atoms with E-state index in [1.54, 1.807) is 0 Å². The molecule has 2 nitrogen and oxygen atoms in total. The Kier molecular flexibility index (Phi) is 2.41. The van der Waals surface area contributed by atoms with E-state index >= 15 is 0 Å². The Hall–Kier alpha value is -0.380. The van der Waals surface area contributed by atoms with Crippen LogP contribution in [0.25, 0.3) is 0 Å². The van der Waals surface area contributed by atoms with Gasteiger partial charge in [-0.25, -0.2) is 0 Å². The van der Waals surface area contributed by atoms with Crippen LogP contribution in [-0.2, 0) is 10.3 Å². The Morgan fingerprint density at radius 2 is 2.15 bits per heavy atom. The zero-order valence-corrected chi connectivity index (χ0v) is 8.88. The zero-order valence-electron chi connectivity index (χ0n) is 7.29.